The highest BCUT2D eigenvalue weighted by molar-refractivity contribution is 5.94. The van der Waals surface area contributed by atoms with E-state index in [4.69, 9.17) is 4.98 Å². The van der Waals surface area contributed by atoms with Crippen molar-refractivity contribution < 1.29 is 4.79 Å². The fourth-order valence-corrected chi connectivity index (χ4v) is 3.48. The molecule has 0 aliphatic carbocycles. The second-order valence-corrected chi connectivity index (χ2v) is 7.14. The fraction of sp³-hybridized carbons (Fsp3) is 0.167. The van der Waals surface area contributed by atoms with Crippen molar-refractivity contribution in [1.82, 2.24) is 14.9 Å². The van der Waals surface area contributed by atoms with Gasteiger partial charge in [0.15, 0.2) is 0 Å². The molecule has 1 N–H and O–H groups in total. The largest absolute Gasteiger partial charge is 0.345 e. The predicted octanol–water partition coefficient (Wildman–Crippen LogP) is 4.63. The first-order valence-electron chi connectivity index (χ1n) is 9.45. The molecule has 0 radical (unpaired) electrons. The molecular weight excluding hydrogens is 346 g/mol. The molecule has 0 aliphatic rings. The van der Waals surface area contributed by atoms with Gasteiger partial charge in [0.25, 0.3) is 5.91 Å². The second-order valence-electron chi connectivity index (χ2n) is 7.14. The van der Waals surface area contributed by atoms with E-state index in [1.54, 1.807) is 0 Å². The maximum absolute atomic E-state index is 12.6. The molecule has 4 nitrogen and oxygen atoms in total. The highest BCUT2D eigenvalue weighted by atomic mass is 16.1. The van der Waals surface area contributed by atoms with E-state index in [2.05, 4.69) is 47.1 Å². The summed E-state index contributed by atoms with van der Waals surface area (Å²) >= 11 is 0. The van der Waals surface area contributed by atoms with Crippen LogP contribution in [0.3, 0.4) is 0 Å². The van der Waals surface area contributed by atoms with Crippen molar-refractivity contribution >= 4 is 16.9 Å². The summed E-state index contributed by atoms with van der Waals surface area (Å²) in [5.41, 5.74) is 6.20. The Labute approximate surface area is 164 Å². The number of amides is 1. The molecule has 0 saturated heterocycles. The summed E-state index contributed by atoms with van der Waals surface area (Å²) in [5, 5.41) is 3.02. The van der Waals surface area contributed by atoms with Gasteiger partial charge in [-0.25, -0.2) is 4.98 Å². The van der Waals surface area contributed by atoms with Gasteiger partial charge in [-0.3, -0.25) is 4.79 Å². The molecule has 1 amide bonds. The second kappa shape index (κ2) is 7.69. The third kappa shape index (κ3) is 3.81. The van der Waals surface area contributed by atoms with E-state index >= 15 is 0 Å². The highest BCUT2D eigenvalue weighted by Crippen LogP contribution is 2.18. The van der Waals surface area contributed by atoms with Gasteiger partial charge in [-0.05, 0) is 43.7 Å². The molecule has 4 heteroatoms. The van der Waals surface area contributed by atoms with Crippen molar-refractivity contribution in [2.45, 2.75) is 26.9 Å². The van der Waals surface area contributed by atoms with Crippen LogP contribution in [-0.4, -0.2) is 15.5 Å². The third-order valence-corrected chi connectivity index (χ3v) is 4.84. The van der Waals surface area contributed by atoms with Crippen LogP contribution in [0.2, 0.25) is 0 Å². The van der Waals surface area contributed by atoms with Gasteiger partial charge in [-0.1, -0.05) is 59.7 Å². The normalized spacial score (nSPS) is 10.9. The maximum Gasteiger partial charge on any atom is 0.251 e. The number of aryl methyl sites for hydroxylation is 2. The van der Waals surface area contributed by atoms with E-state index in [-0.39, 0.29) is 5.91 Å². The molecule has 28 heavy (non-hydrogen) atoms. The van der Waals surface area contributed by atoms with Crippen molar-refractivity contribution in [3.05, 3.63) is 101 Å². The van der Waals surface area contributed by atoms with Crippen LogP contribution >= 0.6 is 0 Å². The summed E-state index contributed by atoms with van der Waals surface area (Å²) in [4.78, 5) is 17.3. The number of hydrogen-bond donors (Lipinski definition) is 1. The van der Waals surface area contributed by atoms with Crippen molar-refractivity contribution in [2.75, 3.05) is 0 Å². The third-order valence-electron chi connectivity index (χ3n) is 4.84. The zero-order valence-electron chi connectivity index (χ0n) is 16.1. The minimum Gasteiger partial charge on any atom is -0.345 e. The van der Waals surface area contributed by atoms with Gasteiger partial charge in [-0.2, -0.15) is 0 Å². The summed E-state index contributed by atoms with van der Waals surface area (Å²) in [5.74, 6) is 0.765. The molecule has 1 heterocycles. The molecule has 4 aromatic rings. The number of rotatable bonds is 5. The lowest BCUT2D eigenvalue weighted by Gasteiger charge is -2.11. The molecule has 4 rings (SSSR count). The van der Waals surface area contributed by atoms with Gasteiger partial charge in [0.2, 0.25) is 0 Å². The summed E-state index contributed by atoms with van der Waals surface area (Å²) in [6, 6.07) is 24.2. The van der Waals surface area contributed by atoms with E-state index in [9.17, 15) is 4.79 Å². The predicted molar refractivity (Wildman–Crippen MR) is 112 cm³/mol. The lowest BCUT2D eigenvalue weighted by atomic mass is 10.1. The Hall–Kier alpha value is -3.40. The van der Waals surface area contributed by atoms with Crippen molar-refractivity contribution in [3.63, 3.8) is 0 Å². The van der Waals surface area contributed by atoms with Gasteiger partial charge >= 0.3 is 0 Å². The maximum atomic E-state index is 12.6. The average molecular weight is 369 g/mol. The number of benzene rings is 3. The number of nitrogens with zero attached hydrogens (tertiary/aromatic N) is 2. The van der Waals surface area contributed by atoms with E-state index < -0.39 is 0 Å². The van der Waals surface area contributed by atoms with Gasteiger partial charge < -0.3 is 9.88 Å². The van der Waals surface area contributed by atoms with Gasteiger partial charge in [0, 0.05) is 12.1 Å². The minimum atomic E-state index is -0.0853. The molecule has 0 bridgehead atoms. The molecule has 0 aliphatic heterocycles. The molecule has 0 unspecified atom stereocenters. The van der Waals surface area contributed by atoms with Gasteiger partial charge in [0.05, 0.1) is 17.6 Å². The number of nitrogens with one attached hydrogen (secondary N) is 1. The van der Waals surface area contributed by atoms with Gasteiger partial charge in [-0.15, -0.1) is 0 Å². The van der Waals surface area contributed by atoms with Crippen LogP contribution in [0.25, 0.3) is 11.0 Å². The summed E-state index contributed by atoms with van der Waals surface area (Å²) in [6.07, 6.45) is 0. The summed E-state index contributed by atoms with van der Waals surface area (Å²) < 4.78 is 2.18. The molecule has 0 atom stereocenters. The van der Waals surface area contributed by atoms with E-state index in [1.807, 2.05) is 49.4 Å². The molecule has 140 valence electrons. The van der Waals surface area contributed by atoms with Crippen molar-refractivity contribution in [3.8, 4) is 0 Å². The summed E-state index contributed by atoms with van der Waals surface area (Å²) in [6.45, 7) is 5.18. The number of hydrogen-bond acceptors (Lipinski definition) is 2. The number of para-hydroxylation sites is 2. The van der Waals surface area contributed by atoms with Crippen LogP contribution < -0.4 is 5.32 Å². The SMILES string of the molecule is Cc1cccc(Cn2c(CNC(=O)c3cccc(C)c3)nc3ccccc32)c1. The molecule has 0 saturated carbocycles. The Kier molecular flexibility index (Phi) is 4.94. The van der Waals surface area contributed by atoms with Crippen LogP contribution in [0, 0.1) is 13.8 Å². The standard InChI is InChI=1S/C24H23N3O/c1-17-7-5-9-19(13-17)16-27-22-12-4-3-11-21(22)26-23(27)15-25-24(28)20-10-6-8-18(2)14-20/h3-14H,15-16H2,1-2H3,(H,25,28). The molecule has 1 aromatic heterocycles. The van der Waals surface area contributed by atoms with Crippen molar-refractivity contribution in [1.29, 1.82) is 0 Å². The van der Waals surface area contributed by atoms with Crippen LogP contribution in [-0.2, 0) is 13.1 Å². The number of carbonyl (C=O) groups excluding carboxylic acids is 1. The highest BCUT2D eigenvalue weighted by Gasteiger charge is 2.13. The van der Waals surface area contributed by atoms with Crippen molar-refractivity contribution in [2.24, 2.45) is 0 Å². The number of carbonyl (C=O) groups is 1. The average Bonchev–Trinajstić information content (AvgIpc) is 3.04. The number of fused-ring (bicyclic) bond motifs is 1. The van der Waals surface area contributed by atoms with Crippen LogP contribution in [0.15, 0.2) is 72.8 Å². The van der Waals surface area contributed by atoms with Crippen LogP contribution in [0.4, 0.5) is 0 Å². The first kappa shape index (κ1) is 18.0. The number of imidazole rings is 1. The Morgan fingerprint density at radius 2 is 1.68 bits per heavy atom. The molecule has 0 spiro atoms. The molecule has 0 fully saturated rings. The lowest BCUT2D eigenvalue weighted by molar-refractivity contribution is 0.0949. The Morgan fingerprint density at radius 1 is 0.929 bits per heavy atom. The van der Waals surface area contributed by atoms with Crippen LogP contribution in [0.5, 0.6) is 0 Å². The number of aromatic nitrogens is 2. The Balaban J connectivity index is 1.62. The zero-order valence-corrected chi connectivity index (χ0v) is 16.1. The first-order chi connectivity index (χ1) is 13.6. The Bertz CT molecular complexity index is 1140. The van der Waals surface area contributed by atoms with Crippen LogP contribution in [0.1, 0.15) is 32.9 Å². The zero-order chi connectivity index (χ0) is 19.5. The molecular formula is C24H23N3O. The first-order valence-corrected chi connectivity index (χ1v) is 9.45. The quantitative estimate of drug-likeness (QED) is 0.557. The van der Waals surface area contributed by atoms with E-state index in [0.717, 1.165) is 29.0 Å². The lowest BCUT2D eigenvalue weighted by Crippen LogP contribution is -2.25. The monoisotopic (exact) mass is 369 g/mol. The summed E-state index contributed by atoms with van der Waals surface area (Å²) in [7, 11) is 0. The minimum absolute atomic E-state index is 0.0853. The van der Waals surface area contributed by atoms with Gasteiger partial charge in [0.1, 0.15) is 5.82 Å². The Morgan fingerprint density at radius 3 is 2.46 bits per heavy atom. The topological polar surface area (TPSA) is 46.9 Å². The smallest absolute Gasteiger partial charge is 0.251 e. The molecule has 3 aromatic carbocycles. The fourth-order valence-electron chi connectivity index (χ4n) is 3.48. The van der Waals surface area contributed by atoms with E-state index in [1.165, 1.54) is 11.1 Å². The van der Waals surface area contributed by atoms with E-state index in [0.29, 0.717) is 12.1 Å².